The molecule has 0 bridgehead atoms. The summed E-state index contributed by atoms with van der Waals surface area (Å²) in [4.78, 5) is 25.9. The molecule has 1 N–H and O–H groups in total. The summed E-state index contributed by atoms with van der Waals surface area (Å²) in [5.41, 5.74) is 0.202. The molecule has 0 saturated heterocycles. The van der Waals surface area contributed by atoms with Gasteiger partial charge >= 0.3 is 6.09 Å². The van der Waals surface area contributed by atoms with Crippen LogP contribution in [-0.4, -0.2) is 43.9 Å². The number of carbonyl (C=O) groups is 2. The van der Waals surface area contributed by atoms with Gasteiger partial charge in [0.05, 0.1) is 6.42 Å². The molecule has 0 aliphatic carbocycles. The molecule has 1 amide bonds. The molecule has 1 heterocycles. The van der Waals surface area contributed by atoms with Gasteiger partial charge in [-0.25, -0.2) is 4.79 Å². The summed E-state index contributed by atoms with van der Waals surface area (Å²) < 4.78 is 0.660. The minimum atomic E-state index is -1.04. The predicted molar refractivity (Wildman–Crippen MR) is 96.5 cm³/mol. The molecule has 2 rings (SSSR count). The lowest BCUT2D eigenvalue weighted by Gasteiger charge is -2.40. The number of amides is 1. The summed E-state index contributed by atoms with van der Waals surface area (Å²) in [7, 11) is 0. The van der Waals surface area contributed by atoms with Crippen LogP contribution in [0, 0.1) is 11.1 Å². The third-order valence-corrected chi connectivity index (χ3v) is 4.34. The first-order valence-corrected chi connectivity index (χ1v) is 8.53. The lowest BCUT2D eigenvalue weighted by atomic mass is 9.92. The second-order valence-electron chi connectivity index (χ2n) is 7.90. The summed E-state index contributed by atoms with van der Waals surface area (Å²) in [5, 5.41) is 22.3. The second kappa shape index (κ2) is 6.86. The van der Waals surface area contributed by atoms with Crippen molar-refractivity contribution in [3.63, 3.8) is 0 Å². The fourth-order valence-electron chi connectivity index (χ4n) is 3.45. The van der Waals surface area contributed by atoms with Crippen molar-refractivity contribution in [2.24, 2.45) is 5.92 Å². The Labute approximate surface area is 148 Å². The van der Waals surface area contributed by atoms with Gasteiger partial charge in [-0.15, -0.1) is 0 Å². The minimum Gasteiger partial charge on any atom is -0.618 e. The van der Waals surface area contributed by atoms with Crippen LogP contribution in [0.25, 0.3) is 0 Å². The van der Waals surface area contributed by atoms with Gasteiger partial charge in [0.2, 0.25) is 11.4 Å². The highest BCUT2D eigenvalue weighted by Gasteiger charge is 2.41. The Kier molecular flexibility index (Phi) is 5.20. The van der Waals surface area contributed by atoms with Crippen LogP contribution in [0.3, 0.4) is 0 Å². The van der Waals surface area contributed by atoms with E-state index in [4.69, 9.17) is 0 Å². The summed E-state index contributed by atoms with van der Waals surface area (Å²) >= 11 is 0. The Balaban J connectivity index is 2.40. The summed E-state index contributed by atoms with van der Waals surface area (Å²) in [6.45, 7) is 9.46. The molecule has 0 fully saturated rings. The van der Waals surface area contributed by atoms with Crippen molar-refractivity contribution in [2.45, 2.75) is 59.0 Å². The van der Waals surface area contributed by atoms with E-state index in [-0.39, 0.29) is 23.8 Å². The largest absolute Gasteiger partial charge is 0.618 e. The average molecular weight is 346 g/mol. The highest BCUT2D eigenvalue weighted by Crippen LogP contribution is 2.30. The predicted octanol–water partition coefficient (Wildman–Crippen LogP) is 4.05. The van der Waals surface area contributed by atoms with E-state index >= 15 is 0 Å². The van der Waals surface area contributed by atoms with Crippen molar-refractivity contribution in [3.8, 4) is 0 Å². The first-order chi connectivity index (χ1) is 11.5. The molecular weight excluding hydrogens is 320 g/mol. The summed E-state index contributed by atoms with van der Waals surface area (Å²) in [6.07, 6.45) is -0.359. The van der Waals surface area contributed by atoms with Gasteiger partial charge in [0, 0.05) is 17.6 Å². The van der Waals surface area contributed by atoms with E-state index in [0.717, 1.165) is 0 Å². The van der Waals surface area contributed by atoms with Crippen molar-refractivity contribution >= 4 is 23.3 Å². The molecule has 1 aromatic rings. The number of nitrogens with zero attached hydrogens (tertiary/aromatic N) is 2. The molecule has 1 unspecified atom stereocenters. The van der Waals surface area contributed by atoms with Crippen molar-refractivity contribution in [3.05, 3.63) is 35.0 Å². The van der Waals surface area contributed by atoms with Crippen LogP contribution in [0.2, 0.25) is 0 Å². The molecule has 0 aromatic heterocycles. The SMILES string of the molecule is CC(C)CC(CC1=[N+]([O-])c2ccccc2C1=O)N(C(=O)O)C(C)(C)C. The minimum absolute atomic E-state index is 0.110. The molecule has 0 saturated carbocycles. The number of carbonyl (C=O) groups excluding carboxylic acids is 1. The maximum atomic E-state index is 12.6. The van der Waals surface area contributed by atoms with Crippen molar-refractivity contribution < 1.29 is 19.4 Å². The molecule has 136 valence electrons. The maximum Gasteiger partial charge on any atom is 0.407 e. The fraction of sp³-hybridized carbons (Fsp3) is 0.526. The molecule has 1 aliphatic heterocycles. The van der Waals surface area contributed by atoms with Gasteiger partial charge in [-0.2, -0.15) is 4.74 Å². The molecule has 6 nitrogen and oxygen atoms in total. The molecule has 1 aromatic carbocycles. The molecule has 25 heavy (non-hydrogen) atoms. The second-order valence-corrected chi connectivity index (χ2v) is 7.90. The summed E-state index contributed by atoms with van der Waals surface area (Å²) in [5.74, 6) is -0.0765. The van der Waals surface area contributed by atoms with Crippen LogP contribution < -0.4 is 0 Å². The lowest BCUT2D eigenvalue weighted by Crippen LogP contribution is -2.52. The van der Waals surface area contributed by atoms with E-state index in [1.54, 1.807) is 24.3 Å². The van der Waals surface area contributed by atoms with Gasteiger partial charge < -0.3 is 10.3 Å². The Morgan fingerprint density at radius 3 is 2.36 bits per heavy atom. The standard InChI is InChI=1S/C19H26N2O4/c1-12(2)10-13(20(18(23)24)19(3,4)5)11-16-17(22)14-8-6-7-9-15(14)21(16)25/h6-9,12-13H,10-11H2,1-5H3,(H,23,24). The first-order valence-electron chi connectivity index (χ1n) is 8.53. The molecular formula is C19H26N2O4. The van der Waals surface area contributed by atoms with Crippen LogP contribution in [0.1, 0.15) is 57.8 Å². The zero-order valence-electron chi connectivity index (χ0n) is 15.4. The van der Waals surface area contributed by atoms with Crippen LogP contribution in [0.4, 0.5) is 10.5 Å². The third kappa shape index (κ3) is 3.83. The fourth-order valence-corrected chi connectivity index (χ4v) is 3.45. The Bertz CT molecular complexity index is 716. The van der Waals surface area contributed by atoms with Gasteiger partial charge in [0.15, 0.2) is 0 Å². The lowest BCUT2D eigenvalue weighted by molar-refractivity contribution is -0.358. The number of carboxylic acid groups (broad SMARTS) is 1. The molecule has 0 spiro atoms. The Morgan fingerprint density at radius 1 is 1.28 bits per heavy atom. The van der Waals surface area contributed by atoms with Gasteiger partial charge in [-0.3, -0.25) is 9.69 Å². The van der Waals surface area contributed by atoms with Crippen LogP contribution >= 0.6 is 0 Å². The highest BCUT2D eigenvalue weighted by atomic mass is 16.5. The van der Waals surface area contributed by atoms with E-state index in [2.05, 4.69) is 0 Å². The van der Waals surface area contributed by atoms with Crippen molar-refractivity contribution in [1.82, 2.24) is 4.90 Å². The van der Waals surface area contributed by atoms with E-state index in [9.17, 15) is 19.9 Å². The number of benzene rings is 1. The normalized spacial score (nSPS) is 15.5. The topological polar surface area (TPSA) is 83.7 Å². The van der Waals surface area contributed by atoms with E-state index < -0.39 is 17.7 Å². The smallest absolute Gasteiger partial charge is 0.407 e. The molecule has 0 radical (unpaired) electrons. The van der Waals surface area contributed by atoms with Crippen LogP contribution in [0.5, 0.6) is 0 Å². The average Bonchev–Trinajstić information content (AvgIpc) is 2.70. The number of rotatable bonds is 5. The highest BCUT2D eigenvalue weighted by molar-refractivity contribution is 6.47. The number of hydrogen-bond acceptors (Lipinski definition) is 3. The van der Waals surface area contributed by atoms with Crippen LogP contribution in [0.15, 0.2) is 24.3 Å². The number of fused-ring (bicyclic) bond motifs is 1. The Morgan fingerprint density at radius 2 is 1.88 bits per heavy atom. The van der Waals surface area contributed by atoms with Crippen molar-refractivity contribution in [1.29, 1.82) is 0 Å². The van der Waals surface area contributed by atoms with E-state index in [1.165, 1.54) is 4.90 Å². The van der Waals surface area contributed by atoms with Gasteiger partial charge in [0.25, 0.3) is 5.78 Å². The number of ketones is 1. The zero-order chi connectivity index (χ0) is 18.9. The maximum absolute atomic E-state index is 12.6. The van der Waals surface area contributed by atoms with Crippen LogP contribution in [-0.2, 0) is 0 Å². The van der Waals surface area contributed by atoms with E-state index in [1.807, 2.05) is 34.6 Å². The van der Waals surface area contributed by atoms with Crippen molar-refractivity contribution in [2.75, 3.05) is 0 Å². The number of para-hydroxylation sites is 1. The number of Topliss-reactive ketones (excluding diaryl/α,β-unsaturated/α-hetero) is 1. The molecule has 6 heteroatoms. The zero-order valence-corrected chi connectivity index (χ0v) is 15.4. The first kappa shape index (κ1) is 19.0. The van der Waals surface area contributed by atoms with Gasteiger partial charge in [0.1, 0.15) is 5.56 Å². The van der Waals surface area contributed by atoms with Gasteiger partial charge in [-0.1, -0.05) is 26.0 Å². The third-order valence-electron chi connectivity index (χ3n) is 4.34. The quantitative estimate of drug-likeness (QED) is 0.644. The summed E-state index contributed by atoms with van der Waals surface area (Å²) in [6, 6.07) is 6.24. The monoisotopic (exact) mass is 346 g/mol. The van der Waals surface area contributed by atoms with Gasteiger partial charge in [-0.05, 0) is 39.2 Å². The Hall–Kier alpha value is -2.37. The van der Waals surface area contributed by atoms with E-state index in [0.29, 0.717) is 22.4 Å². The molecule has 1 atom stereocenters. The molecule has 1 aliphatic rings. The number of hydrogen-bond donors (Lipinski definition) is 1.